The second-order valence-electron chi connectivity index (χ2n) is 8.96. The zero-order valence-corrected chi connectivity index (χ0v) is 21.1. The maximum Gasteiger partial charge on any atom is 0.339 e. The van der Waals surface area contributed by atoms with Crippen LogP contribution in [0.4, 0.5) is 0 Å². The van der Waals surface area contributed by atoms with Gasteiger partial charge in [0.15, 0.2) is 0 Å². The van der Waals surface area contributed by atoms with Crippen LogP contribution < -0.4 is 4.74 Å². The third kappa shape index (κ3) is 13.7. The van der Waals surface area contributed by atoms with E-state index in [2.05, 4.69) is 20.8 Å². The lowest BCUT2D eigenvalue weighted by Crippen LogP contribution is -2.21. The fraction of sp³-hybridized carbons (Fsp3) is 0.741. The molecular formula is C27H47ClO3. The Kier molecular flexibility index (Phi) is 18.7. The summed E-state index contributed by atoms with van der Waals surface area (Å²) in [7, 11) is 0. The van der Waals surface area contributed by atoms with Crippen LogP contribution in [0.1, 0.15) is 121 Å². The molecule has 0 aliphatic rings. The zero-order valence-electron chi connectivity index (χ0n) is 20.2. The number of aromatic carboxylic acids is 1. The molecule has 180 valence electrons. The third-order valence-electron chi connectivity index (χ3n) is 6.32. The highest BCUT2D eigenvalue weighted by Gasteiger charge is 2.19. The summed E-state index contributed by atoms with van der Waals surface area (Å²) in [5, 5.41) is 9.40. The van der Waals surface area contributed by atoms with Crippen molar-refractivity contribution in [2.75, 3.05) is 6.61 Å². The fourth-order valence-electron chi connectivity index (χ4n) is 4.17. The molecule has 0 aromatic heterocycles. The molecule has 1 aromatic rings. The molecule has 4 heteroatoms. The Morgan fingerprint density at radius 3 is 1.97 bits per heavy atom. The van der Waals surface area contributed by atoms with Gasteiger partial charge in [-0.15, -0.1) is 12.4 Å². The van der Waals surface area contributed by atoms with Crippen molar-refractivity contribution in [3.8, 4) is 5.75 Å². The molecule has 2 unspecified atom stereocenters. The molecule has 0 saturated carbocycles. The molecule has 1 N–H and O–H groups in total. The van der Waals surface area contributed by atoms with Crippen LogP contribution >= 0.6 is 12.4 Å². The van der Waals surface area contributed by atoms with Crippen LogP contribution in [0.15, 0.2) is 24.3 Å². The van der Waals surface area contributed by atoms with Crippen LogP contribution in [-0.4, -0.2) is 17.7 Å². The maximum absolute atomic E-state index is 11.5. The minimum Gasteiger partial charge on any atom is -0.492 e. The van der Waals surface area contributed by atoms with Crippen molar-refractivity contribution in [3.63, 3.8) is 0 Å². The minimum absolute atomic E-state index is 0. The standard InChI is InChI=1S/C27H46O3.ClH/c1-4-6-8-10-11-12-13-15-19-24(23(3)18-14-9-7-5-2)22-30-26-21-17-16-20-25(26)27(28)29;/h16-17,20-21,23-24H,4-15,18-19,22H2,1-3H3,(H,28,29);1H. The number of carboxylic acid groups (broad SMARTS) is 1. The van der Waals surface area contributed by atoms with Gasteiger partial charge in [-0.3, -0.25) is 0 Å². The summed E-state index contributed by atoms with van der Waals surface area (Å²) in [5.74, 6) is 0.693. The number of ether oxygens (including phenoxy) is 1. The van der Waals surface area contributed by atoms with E-state index in [-0.39, 0.29) is 18.0 Å². The van der Waals surface area contributed by atoms with Crippen LogP contribution in [0.25, 0.3) is 0 Å². The Hall–Kier alpha value is -1.22. The van der Waals surface area contributed by atoms with E-state index >= 15 is 0 Å². The smallest absolute Gasteiger partial charge is 0.339 e. The van der Waals surface area contributed by atoms with Crippen molar-refractivity contribution in [1.29, 1.82) is 0 Å². The lowest BCUT2D eigenvalue weighted by molar-refractivity contribution is 0.0690. The number of unbranched alkanes of at least 4 members (excludes halogenated alkanes) is 10. The van der Waals surface area contributed by atoms with E-state index in [1.807, 2.05) is 6.07 Å². The first-order chi connectivity index (χ1) is 14.6. The molecule has 0 amide bonds. The van der Waals surface area contributed by atoms with E-state index in [1.54, 1.807) is 18.2 Å². The zero-order chi connectivity index (χ0) is 22.0. The number of carboxylic acids is 1. The molecule has 1 rings (SSSR count). The van der Waals surface area contributed by atoms with Gasteiger partial charge in [-0.2, -0.15) is 0 Å². The summed E-state index contributed by atoms with van der Waals surface area (Å²) in [6.07, 6.45) is 18.3. The van der Waals surface area contributed by atoms with Gasteiger partial charge in [-0.1, -0.05) is 116 Å². The van der Waals surface area contributed by atoms with E-state index in [0.29, 0.717) is 24.2 Å². The third-order valence-corrected chi connectivity index (χ3v) is 6.32. The van der Waals surface area contributed by atoms with Gasteiger partial charge in [0.05, 0.1) is 6.61 Å². The number of para-hydroxylation sites is 1. The summed E-state index contributed by atoms with van der Waals surface area (Å²) in [4.78, 5) is 11.5. The Morgan fingerprint density at radius 2 is 1.35 bits per heavy atom. The molecule has 0 fully saturated rings. The van der Waals surface area contributed by atoms with Crippen LogP contribution in [0.2, 0.25) is 0 Å². The van der Waals surface area contributed by atoms with Crippen molar-refractivity contribution in [1.82, 2.24) is 0 Å². The Bertz CT molecular complexity index is 561. The Balaban J connectivity index is 0.00000900. The number of benzene rings is 1. The number of halogens is 1. The van der Waals surface area contributed by atoms with Gasteiger partial charge >= 0.3 is 5.97 Å². The van der Waals surface area contributed by atoms with Crippen molar-refractivity contribution in [2.45, 2.75) is 111 Å². The van der Waals surface area contributed by atoms with E-state index in [4.69, 9.17) is 4.74 Å². The molecule has 1 aromatic carbocycles. The first kappa shape index (κ1) is 29.8. The Morgan fingerprint density at radius 1 is 0.839 bits per heavy atom. The van der Waals surface area contributed by atoms with E-state index in [0.717, 1.165) is 0 Å². The molecule has 2 atom stereocenters. The number of carbonyl (C=O) groups is 1. The predicted octanol–water partition coefficient (Wildman–Crippen LogP) is 8.94. The highest BCUT2D eigenvalue weighted by molar-refractivity contribution is 5.90. The monoisotopic (exact) mass is 454 g/mol. The number of rotatable bonds is 19. The van der Waals surface area contributed by atoms with E-state index in [1.165, 1.54) is 89.9 Å². The van der Waals surface area contributed by atoms with Gasteiger partial charge in [0.1, 0.15) is 11.3 Å². The lowest BCUT2D eigenvalue weighted by Gasteiger charge is -2.25. The largest absolute Gasteiger partial charge is 0.492 e. The minimum atomic E-state index is -0.919. The molecule has 0 radical (unpaired) electrons. The summed E-state index contributed by atoms with van der Waals surface area (Å²) >= 11 is 0. The van der Waals surface area contributed by atoms with Crippen molar-refractivity contribution >= 4 is 18.4 Å². The van der Waals surface area contributed by atoms with Gasteiger partial charge in [0.25, 0.3) is 0 Å². The molecule has 0 saturated heterocycles. The highest BCUT2D eigenvalue weighted by atomic mass is 35.5. The molecule has 0 heterocycles. The fourth-order valence-corrected chi connectivity index (χ4v) is 4.17. The molecule has 31 heavy (non-hydrogen) atoms. The number of hydrogen-bond acceptors (Lipinski definition) is 2. The summed E-state index contributed by atoms with van der Waals surface area (Å²) in [6, 6.07) is 7.01. The highest BCUT2D eigenvalue weighted by Crippen LogP contribution is 2.27. The first-order valence-electron chi connectivity index (χ1n) is 12.5. The summed E-state index contributed by atoms with van der Waals surface area (Å²) in [5.41, 5.74) is 0.263. The van der Waals surface area contributed by atoms with Gasteiger partial charge < -0.3 is 9.84 Å². The van der Waals surface area contributed by atoms with Crippen LogP contribution in [0, 0.1) is 11.8 Å². The molecule has 0 spiro atoms. The van der Waals surface area contributed by atoms with Crippen LogP contribution in [0.3, 0.4) is 0 Å². The molecule has 0 aliphatic heterocycles. The molecule has 0 aliphatic carbocycles. The average Bonchev–Trinajstić information content (AvgIpc) is 2.75. The topological polar surface area (TPSA) is 46.5 Å². The Labute approximate surface area is 197 Å². The SMILES string of the molecule is CCCCCCCCCCC(COc1ccccc1C(=O)O)C(C)CCCCCC.Cl. The average molecular weight is 455 g/mol. The molecule has 0 bridgehead atoms. The van der Waals surface area contributed by atoms with E-state index in [9.17, 15) is 9.90 Å². The number of hydrogen-bond donors (Lipinski definition) is 1. The quantitative estimate of drug-likeness (QED) is 0.212. The van der Waals surface area contributed by atoms with Gasteiger partial charge in [-0.05, 0) is 30.4 Å². The normalized spacial score (nSPS) is 12.7. The molecule has 3 nitrogen and oxygen atoms in total. The molecular weight excluding hydrogens is 408 g/mol. The van der Waals surface area contributed by atoms with Crippen molar-refractivity contribution < 1.29 is 14.6 Å². The van der Waals surface area contributed by atoms with Gasteiger partial charge in [0, 0.05) is 0 Å². The van der Waals surface area contributed by atoms with Crippen LogP contribution in [0.5, 0.6) is 5.75 Å². The van der Waals surface area contributed by atoms with Gasteiger partial charge in [0.2, 0.25) is 0 Å². The second-order valence-corrected chi connectivity index (χ2v) is 8.96. The second kappa shape index (κ2) is 19.5. The summed E-state index contributed by atoms with van der Waals surface area (Å²) in [6.45, 7) is 7.49. The lowest BCUT2D eigenvalue weighted by atomic mass is 9.85. The van der Waals surface area contributed by atoms with Crippen LogP contribution in [-0.2, 0) is 0 Å². The van der Waals surface area contributed by atoms with Crippen molar-refractivity contribution in [3.05, 3.63) is 29.8 Å². The van der Waals surface area contributed by atoms with Crippen molar-refractivity contribution in [2.24, 2.45) is 11.8 Å². The van der Waals surface area contributed by atoms with Gasteiger partial charge in [-0.25, -0.2) is 4.79 Å². The first-order valence-corrected chi connectivity index (χ1v) is 12.5. The predicted molar refractivity (Wildman–Crippen MR) is 135 cm³/mol. The van der Waals surface area contributed by atoms with E-state index < -0.39 is 5.97 Å². The maximum atomic E-state index is 11.5. The summed E-state index contributed by atoms with van der Waals surface area (Å²) < 4.78 is 6.05.